The fraction of sp³-hybridized carbons (Fsp3) is 0.0909. The van der Waals surface area contributed by atoms with Crippen LogP contribution in [0.1, 0.15) is 25.0 Å². The predicted octanol–water partition coefficient (Wildman–Crippen LogP) is 9.12. The van der Waals surface area contributed by atoms with E-state index < -0.39 is 0 Å². The maximum Gasteiger partial charge on any atom is 0.0159 e. The Hall–Kier alpha value is -3.90. The fourth-order valence-electron chi connectivity index (χ4n) is 5.89. The van der Waals surface area contributed by atoms with Gasteiger partial charge in [-0.1, -0.05) is 111 Å². The first-order valence-electron chi connectivity index (χ1n) is 11.7. The van der Waals surface area contributed by atoms with Gasteiger partial charge in [-0.2, -0.15) is 0 Å². The summed E-state index contributed by atoms with van der Waals surface area (Å²) >= 11 is 0. The van der Waals surface area contributed by atoms with Crippen molar-refractivity contribution < 1.29 is 0 Å². The highest BCUT2D eigenvalue weighted by Gasteiger charge is 2.35. The number of hydrogen-bond donors (Lipinski definition) is 0. The van der Waals surface area contributed by atoms with Crippen molar-refractivity contribution in [1.82, 2.24) is 0 Å². The van der Waals surface area contributed by atoms with Crippen LogP contribution in [0.2, 0.25) is 0 Å². The zero-order valence-electron chi connectivity index (χ0n) is 18.9. The molecule has 0 aromatic heterocycles. The quantitative estimate of drug-likeness (QED) is 0.233. The van der Waals surface area contributed by atoms with E-state index in [4.69, 9.17) is 0 Å². The monoisotopic (exact) mass is 420 g/mol. The molecule has 0 radical (unpaired) electrons. The van der Waals surface area contributed by atoms with Gasteiger partial charge in [0.1, 0.15) is 0 Å². The van der Waals surface area contributed by atoms with Crippen LogP contribution in [0.4, 0.5) is 0 Å². The van der Waals surface area contributed by atoms with Gasteiger partial charge >= 0.3 is 0 Å². The van der Waals surface area contributed by atoms with E-state index in [9.17, 15) is 0 Å². The third-order valence-corrected chi connectivity index (χ3v) is 7.64. The van der Waals surface area contributed by atoms with Crippen LogP contribution in [0, 0.1) is 0 Å². The molecule has 0 amide bonds. The Bertz CT molecular complexity index is 1730. The van der Waals surface area contributed by atoms with E-state index >= 15 is 0 Å². The second-order valence-electron chi connectivity index (χ2n) is 9.82. The van der Waals surface area contributed by atoms with Crippen molar-refractivity contribution in [3.63, 3.8) is 0 Å². The van der Waals surface area contributed by atoms with Crippen molar-refractivity contribution in [2.45, 2.75) is 19.3 Å². The summed E-state index contributed by atoms with van der Waals surface area (Å²) in [6.45, 7) is 4.70. The van der Waals surface area contributed by atoms with Crippen molar-refractivity contribution in [3.8, 4) is 22.3 Å². The SMILES string of the molecule is CC1(C)c2ccccc2-c2ccc(-c3ccc4ccc5ccc6ccccc6c5c4c3)cc21. The Kier molecular flexibility index (Phi) is 3.71. The van der Waals surface area contributed by atoms with Crippen LogP contribution in [0.5, 0.6) is 0 Å². The molecule has 7 rings (SSSR count). The summed E-state index contributed by atoms with van der Waals surface area (Å²) in [5.41, 5.74) is 8.17. The molecule has 1 aliphatic carbocycles. The first-order chi connectivity index (χ1) is 16.1. The summed E-state index contributed by atoms with van der Waals surface area (Å²) in [5.74, 6) is 0. The van der Waals surface area contributed by atoms with E-state index in [1.54, 1.807) is 0 Å². The third-order valence-electron chi connectivity index (χ3n) is 7.64. The molecule has 0 unspecified atom stereocenters. The van der Waals surface area contributed by atoms with Gasteiger partial charge in [0.2, 0.25) is 0 Å². The summed E-state index contributed by atoms with van der Waals surface area (Å²) < 4.78 is 0. The van der Waals surface area contributed by atoms with Crippen molar-refractivity contribution in [2.75, 3.05) is 0 Å². The van der Waals surface area contributed by atoms with Crippen LogP contribution >= 0.6 is 0 Å². The van der Waals surface area contributed by atoms with E-state index in [-0.39, 0.29) is 5.41 Å². The Balaban J connectivity index is 1.48. The lowest BCUT2D eigenvalue weighted by Crippen LogP contribution is -2.14. The molecule has 0 bridgehead atoms. The van der Waals surface area contributed by atoms with Crippen LogP contribution in [-0.4, -0.2) is 0 Å². The Morgan fingerprint density at radius 1 is 0.455 bits per heavy atom. The highest BCUT2D eigenvalue weighted by molar-refractivity contribution is 6.20. The molecule has 156 valence electrons. The number of fused-ring (bicyclic) bond motifs is 8. The zero-order valence-corrected chi connectivity index (χ0v) is 18.9. The molecule has 33 heavy (non-hydrogen) atoms. The van der Waals surface area contributed by atoms with Gasteiger partial charge in [0.25, 0.3) is 0 Å². The molecule has 0 heterocycles. The predicted molar refractivity (Wildman–Crippen MR) is 142 cm³/mol. The minimum absolute atomic E-state index is 0.0156. The molecule has 6 aromatic rings. The summed E-state index contributed by atoms with van der Waals surface area (Å²) in [6.07, 6.45) is 0. The fourth-order valence-corrected chi connectivity index (χ4v) is 5.89. The van der Waals surface area contributed by atoms with Gasteiger partial charge < -0.3 is 0 Å². The van der Waals surface area contributed by atoms with Crippen molar-refractivity contribution >= 4 is 32.3 Å². The summed E-state index contributed by atoms with van der Waals surface area (Å²) in [4.78, 5) is 0. The molecule has 0 N–H and O–H groups in total. The Morgan fingerprint density at radius 2 is 1.06 bits per heavy atom. The first-order valence-corrected chi connectivity index (χ1v) is 11.7. The van der Waals surface area contributed by atoms with Crippen LogP contribution in [-0.2, 0) is 5.41 Å². The normalized spacial score (nSPS) is 14.0. The van der Waals surface area contributed by atoms with Gasteiger partial charge in [-0.05, 0) is 77.8 Å². The molecular formula is C33H24. The molecular weight excluding hydrogens is 396 g/mol. The zero-order chi connectivity index (χ0) is 22.2. The van der Waals surface area contributed by atoms with Crippen LogP contribution in [0.15, 0.2) is 109 Å². The number of hydrogen-bond acceptors (Lipinski definition) is 0. The van der Waals surface area contributed by atoms with Gasteiger partial charge in [0.15, 0.2) is 0 Å². The topological polar surface area (TPSA) is 0 Å². The van der Waals surface area contributed by atoms with E-state index in [2.05, 4.69) is 123 Å². The second-order valence-corrected chi connectivity index (χ2v) is 9.82. The highest BCUT2D eigenvalue weighted by atomic mass is 14.4. The number of benzene rings is 6. The van der Waals surface area contributed by atoms with E-state index in [0.29, 0.717) is 0 Å². The average Bonchev–Trinajstić information content (AvgIpc) is 3.10. The lowest BCUT2D eigenvalue weighted by atomic mass is 9.81. The minimum Gasteiger partial charge on any atom is -0.0619 e. The molecule has 1 aliphatic rings. The second kappa shape index (κ2) is 6.56. The van der Waals surface area contributed by atoms with Gasteiger partial charge in [-0.25, -0.2) is 0 Å². The van der Waals surface area contributed by atoms with Gasteiger partial charge in [-0.15, -0.1) is 0 Å². The van der Waals surface area contributed by atoms with E-state index in [1.807, 2.05) is 0 Å². The van der Waals surface area contributed by atoms with Gasteiger partial charge in [0.05, 0.1) is 0 Å². The molecule has 0 spiro atoms. The molecule has 6 aromatic carbocycles. The molecule has 0 atom stereocenters. The summed E-state index contributed by atoms with van der Waals surface area (Å²) in [6, 6.07) is 40.5. The average molecular weight is 421 g/mol. The van der Waals surface area contributed by atoms with Crippen molar-refractivity contribution in [1.29, 1.82) is 0 Å². The lowest BCUT2D eigenvalue weighted by Gasteiger charge is -2.22. The van der Waals surface area contributed by atoms with Crippen molar-refractivity contribution in [3.05, 3.63) is 120 Å². The summed E-state index contributed by atoms with van der Waals surface area (Å²) in [7, 11) is 0. The maximum absolute atomic E-state index is 2.42. The van der Waals surface area contributed by atoms with E-state index in [0.717, 1.165) is 0 Å². The third kappa shape index (κ3) is 2.58. The van der Waals surface area contributed by atoms with Crippen LogP contribution < -0.4 is 0 Å². The standard InChI is InChI=1S/C33H24/c1-33(2)30-10-6-5-9-27(30)28-18-17-25(20-31(28)33)24-16-13-22-12-15-23-14-11-21-7-3-4-8-26(21)32(23)29(22)19-24/h3-20H,1-2H3. The van der Waals surface area contributed by atoms with E-state index in [1.165, 1.54) is 65.7 Å². The molecule has 0 saturated heterocycles. The smallest absolute Gasteiger partial charge is 0.0159 e. The molecule has 0 aliphatic heterocycles. The number of rotatable bonds is 1. The largest absolute Gasteiger partial charge is 0.0619 e. The van der Waals surface area contributed by atoms with Gasteiger partial charge in [-0.3, -0.25) is 0 Å². The summed E-state index contributed by atoms with van der Waals surface area (Å²) in [5, 5.41) is 7.87. The van der Waals surface area contributed by atoms with Crippen LogP contribution in [0.3, 0.4) is 0 Å². The molecule has 0 saturated carbocycles. The Morgan fingerprint density at radius 3 is 1.94 bits per heavy atom. The van der Waals surface area contributed by atoms with Crippen molar-refractivity contribution in [2.24, 2.45) is 0 Å². The molecule has 0 nitrogen and oxygen atoms in total. The molecule has 0 heteroatoms. The highest BCUT2D eigenvalue weighted by Crippen LogP contribution is 2.49. The first kappa shape index (κ1) is 18.7. The minimum atomic E-state index is 0.0156. The van der Waals surface area contributed by atoms with Crippen LogP contribution in [0.25, 0.3) is 54.6 Å². The van der Waals surface area contributed by atoms with Gasteiger partial charge in [0, 0.05) is 5.41 Å². The molecule has 0 fully saturated rings. The Labute approximate surface area is 194 Å². The maximum atomic E-state index is 2.42. The lowest BCUT2D eigenvalue weighted by molar-refractivity contribution is 0.660.